The molecule has 0 saturated heterocycles. The van der Waals surface area contributed by atoms with E-state index >= 15 is 0 Å². The van der Waals surface area contributed by atoms with Gasteiger partial charge in [-0.05, 0) is 0 Å². The molecule has 1 heterocycles. The number of nitrogens with two attached hydrogens (primary N) is 1. The molecule has 0 radical (unpaired) electrons. The van der Waals surface area contributed by atoms with Crippen LogP contribution in [0.15, 0.2) is 12.1 Å². The Balaban J connectivity index is 2.73. The number of hydrogen-bond acceptors (Lipinski definition) is 5. The number of halogens is 1. The van der Waals surface area contributed by atoms with E-state index in [0.717, 1.165) is 6.07 Å². The molecule has 0 aliphatic rings. The Morgan fingerprint density at radius 2 is 1.88 bits per heavy atom. The quantitative estimate of drug-likeness (QED) is 0.383. The first-order chi connectivity index (χ1) is 7.50. The fraction of sp³-hybridized carbons (Fsp3) is 0. The van der Waals surface area contributed by atoms with Crippen molar-refractivity contribution in [3.05, 3.63) is 17.2 Å². The second-order valence-corrected chi connectivity index (χ2v) is 3.54. The fourth-order valence-corrected chi connectivity index (χ4v) is 1.58. The van der Waals surface area contributed by atoms with E-state index in [2.05, 4.69) is 10.2 Å². The van der Waals surface area contributed by atoms with Crippen molar-refractivity contribution >= 4 is 17.4 Å². The summed E-state index contributed by atoms with van der Waals surface area (Å²) in [5, 5.41) is 34.4. The number of phenols is 3. The van der Waals surface area contributed by atoms with Gasteiger partial charge in [0.2, 0.25) is 0 Å². The van der Waals surface area contributed by atoms with E-state index in [1.165, 1.54) is 6.07 Å². The fourth-order valence-electron chi connectivity index (χ4n) is 1.33. The van der Waals surface area contributed by atoms with E-state index in [1.54, 1.807) is 0 Å². The molecule has 0 bridgehead atoms. The lowest BCUT2D eigenvalue weighted by molar-refractivity contribution is 0.398. The smallest absolute Gasteiger partial charge is 0.168 e. The zero-order valence-corrected chi connectivity index (χ0v) is 8.65. The van der Waals surface area contributed by atoms with Crippen LogP contribution in [-0.2, 0) is 0 Å². The summed E-state index contributed by atoms with van der Waals surface area (Å²) in [6.45, 7) is 0. The van der Waals surface area contributed by atoms with Crippen LogP contribution < -0.4 is 5.73 Å². The second kappa shape index (κ2) is 3.49. The minimum atomic E-state index is -0.481. The summed E-state index contributed by atoms with van der Waals surface area (Å²) in [6.07, 6.45) is 0. The normalized spacial score (nSPS) is 10.6. The van der Waals surface area contributed by atoms with Gasteiger partial charge in [0.1, 0.15) is 11.6 Å². The summed E-state index contributed by atoms with van der Waals surface area (Å²) in [6, 6.07) is 2.36. The average molecular weight is 242 g/mol. The van der Waals surface area contributed by atoms with E-state index < -0.39 is 11.5 Å². The van der Waals surface area contributed by atoms with Gasteiger partial charge in [-0.15, -0.1) is 0 Å². The van der Waals surface area contributed by atoms with Gasteiger partial charge >= 0.3 is 0 Å². The molecule has 0 unspecified atom stereocenters. The molecule has 0 spiro atoms. The first-order valence-electron chi connectivity index (χ1n) is 4.25. The number of aromatic nitrogens is 2. The van der Waals surface area contributed by atoms with Gasteiger partial charge in [-0.25, -0.2) is 0 Å². The Hall–Kier alpha value is -2.08. The van der Waals surface area contributed by atoms with Gasteiger partial charge in [0.05, 0.1) is 16.3 Å². The maximum absolute atomic E-state index is 9.63. The minimum Gasteiger partial charge on any atom is -0.506 e. The molecule has 6 N–H and O–H groups in total. The number of nitrogens with one attached hydrogen (secondary N) is 1. The summed E-state index contributed by atoms with van der Waals surface area (Å²) in [7, 11) is 0. The highest BCUT2D eigenvalue weighted by molar-refractivity contribution is 6.35. The molecule has 0 atom stereocenters. The Bertz CT molecular complexity index is 527. The van der Waals surface area contributed by atoms with E-state index in [-0.39, 0.29) is 22.2 Å². The van der Waals surface area contributed by atoms with E-state index in [9.17, 15) is 15.3 Å². The summed E-state index contributed by atoms with van der Waals surface area (Å²) in [5.74, 6) is -1.08. The monoisotopic (exact) mass is 241 g/mol. The highest BCUT2D eigenvalue weighted by Crippen LogP contribution is 2.45. The lowest BCUT2D eigenvalue weighted by Crippen LogP contribution is -1.83. The molecule has 84 valence electrons. The highest BCUT2D eigenvalue weighted by Gasteiger charge is 2.18. The summed E-state index contributed by atoms with van der Waals surface area (Å²) in [4.78, 5) is 0. The van der Waals surface area contributed by atoms with Crippen LogP contribution in [0.4, 0.5) is 5.82 Å². The molecule has 1 aromatic heterocycles. The van der Waals surface area contributed by atoms with E-state index in [1.807, 2.05) is 0 Å². The Labute approximate surface area is 94.9 Å². The van der Waals surface area contributed by atoms with Crippen molar-refractivity contribution in [3.8, 4) is 28.5 Å². The molecular formula is C9H8ClN3O3. The molecule has 0 aliphatic heterocycles. The number of hydrogen-bond donors (Lipinski definition) is 5. The zero-order chi connectivity index (χ0) is 11.9. The summed E-state index contributed by atoms with van der Waals surface area (Å²) in [5.41, 5.74) is 5.74. The van der Waals surface area contributed by atoms with Gasteiger partial charge in [0.15, 0.2) is 11.5 Å². The number of aromatic hydroxyl groups is 3. The average Bonchev–Trinajstić information content (AvgIpc) is 2.62. The van der Waals surface area contributed by atoms with Crippen molar-refractivity contribution in [2.75, 3.05) is 5.73 Å². The van der Waals surface area contributed by atoms with Crippen molar-refractivity contribution in [1.82, 2.24) is 10.2 Å². The van der Waals surface area contributed by atoms with Crippen molar-refractivity contribution in [1.29, 1.82) is 0 Å². The third-order valence-electron chi connectivity index (χ3n) is 2.06. The van der Waals surface area contributed by atoms with Crippen molar-refractivity contribution < 1.29 is 15.3 Å². The van der Waals surface area contributed by atoms with E-state index in [4.69, 9.17) is 17.3 Å². The number of aromatic amines is 1. The van der Waals surface area contributed by atoms with E-state index in [0.29, 0.717) is 5.69 Å². The van der Waals surface area contributed by atoms with Gasteiger partial charge in [-0.3, -0.25) is 5.10 Å². The van der Waals surface area contributed by atoms with Crippen LogP contribution in [0.2, 0.25) is 5.02 Å². The van der Waals surface area contributed by atoms with Crippen molar-refractivity contribution in [3.63, 3.8) is 0 Å². The van der Waals surface area contributed by atoms with Crippen LogP contribution in [0.1, 0.15) is 0 Å². The van der Waals surface area contributed by atoms with Gasteiger partial charge in [0.25, 0.3) is 0 Å². The molecule has 16 heavy (non-hydrogen) atoms. The molecule has 6 nitrogen and oxygen atoms in total. The number of nitrogen functional groups attached to an aromatic ring is 1. The molecule has 0 fully saturated rings. The third kappa shape index (κ3) is 1.49. The third-order valence-corrected chi connectivity index (χ3v) is 2.45. The van der Waals surface area contributed by atoms with Crippen LogP contribution in [-0.4, -0.2) is 25.5 Å². The molecule has 0 saturated carbocycles. The highest BCUT2D eigenvalue weighted by atomic mass is 35.5. The van der Waals surface area contributed by atoms with Crippen molar-refractivity contribution in [2.24, 2.45) is 0 Å². The van der Waals surface area contributed by atoms with Crippen molar-refractivity contribution in [2.45, 2.75) is 0 Å². The van der Waals surface area contributed by atoms with Crippen LogP contribution in [0.3, 0.4) is 0 Å². The molecule has 2 rings (SSSR count). The number of nitrogens with zero attached hydrogens (tertiary/aromatic N) is 1. The Morgan fingerprint density at radius 3 is 2.44 bits per heavy atom. The number of anilines is 1. The predicted molar refractivity (Wildman–Crippen MR) is 58.4 cm³/mol. The van der Waals surface area contributed by atoms with Crippen LogP contribution in [0, 0.1) is 0 Å². The van der Waals surface area contributed by atoms with Gasteiger partial charge in [-0.1, -0.05) is 11.6 Å². The standard InChI is InChI=1S/C9H8ClN3O3/c10-8-4(14)2-5(15)9(16)7(8)3-1-6(11)13-12-3/h1-2,14-16H,(H3,11,12,13). The second-order valence-electron chi connectivity index (χ2n) is 3.16. The number of benzene rings is 1. The predicted octanol–water partition coefficient (Wildman–Crippen LogP) is 1.43. The molecule has 0 aliphatic carbocycles. The molecule has 0 amide bonds. The maximum Gasteiger partial charge on any atom is 0.168 e. The van der Waals surface area contributed by atoms with Gasteiger partial charge in [0, 0.05) is 12.1 Å². The number of rotatable bonds is 1. The van der Waals surface area contributed by atoms with Crippen LogP contribution in [0.5, 0.6) is 17.2 Å². The lowest BCUT2D eigenvalue weighted by atomic mass is 10.1. The number of phenolic OH excluding ortho intramolecular Hbond substituents is 3. The Morgan fingerprint density at radius 1 is 1.19 bits per heavy atom. The lowest BCUT2D eigenvalue weighted by Gasteiger charge is -2.08. The SMILES string of the molecule is Nc1cc(-c2c(O)c(O)cc(O)c2Cl)[nH]n1. The molecule has 7 heteroatoms. The summed E-state index contributed by atoms with van der Waals surface area (Å²) >= 11 is 5.80. The first kappa shape index (κ1) is 10.4. The maximum atomic E-state index is 9.63. The summed E-state index contributed by atoms with van der Waals surface area (Å²) < 4.78 is 0. The van der Waals surface area contributed by atoms with Crippen LogP contribution in [0.25, 0.3) is 11.3 Å². The first-order valence-corrected chi connectivity index (χ1v) is 4.63. The molecular weight excluding hydrogens is 234 g/mol. The Kier molecular flexibility index (Phi) is 2.28. The zero-order valence-electron chi connectivity index (χ0n) is 7.90. The van der Waals surface area contributed by atoms with Gasteiger partial charge < -0.3 is 21.1 Å². The topological polar surface area (TPSA) is 115 Å². The number of H-pyrrole nitrogens is 1. The van der Waals surface area contributed by atoms with Crippen LogP contribution >= 0.6 is 11.6 Å². The molecule has 1 aromatic carbocycles. The van der Waals surface area contributed by atoms with Gasteiger partial charge in [-0.2, -0.15) is 5.10 Å². The molecule has 2 aromatic rings. The minimum absolute atomic E-state index is 0.0448. The largest absolute Gasteiger partial charge is 0.506 e.